The van der Waals surface area contributed by atoms with Crippen LogP contribution >= 0.6 is 0 Å². The monoisotopic (exact) mass is 306 g/mol. The molecule has 0 aliphatic carbocycles. The van der Waals surface area contributed by atoms with E-state index in [0.29, 0.717) is 18.7 Å². The van der Waals surface area contributed by atoms with Crippen LogP contribution in [0.2, 0.25) is 0 Å². The van der Waals surface area contributed by atoms with Crippen LogP contribution in [-0.4, -0.2) is 11.3 Å². The fourth-order valence-corrected chi connectivity index (χ4v) is 2.46. The lowest BCUT2D eigenvalue weighted by Crippen LogP contribution is -2.22. The van der Waals surface area contributed by atoms with Gasteiger partial charge >= 0.3 is 6.18 Å². The zero-order chi connectivity index (χ0) is 15.7. The van der Waals surface area contributed by atoms with Gasteiger partial charge in [-0.1, -0.05) is 12.1 Å². The predicted octanol–water partition coefficient (Wildman–Crippen LogP) is 3.86. The van der Waals surface area contributed by atoms with Crippen LogP contribution in [0.25, 0.3) is 0 Å². The molecular formula is C16H13F3N2O. The molecule has 1 aliphatic rings. The first-order valence-electron chi connectivity index (χ1n) is 6.71. The molecule has 1 N–H and O–H groups in total. The maximum absolute atomic E-state index is 12.5. The molecule has 3 rings (SSSR count). The zero-order valence-electron chi connectivity index (χ0n) is 11.5. The standard InChI is InChI=1S/C16H13F3N2O/c17-16(18,19)14-4-1-11(2-5-14)8-21-9-13-7-12(10-22)3-6-15(13)20-21/h1-7,10,20H,8-9H2. The van der Waals surface area contributed by atoms with Crippen molar-refractivity contribution >= 4 is 12.0 Å². The van der Waals surface area contributed by atoms with Crippen molar-refractivity contribution in [3.63, 3.8) is 0 Å². The molecule has 0 saturated carbocycles. The summed E-state index contributed by atoms with van der Waals surface area (Å²) in [5, 5.41) is 1.89. The van der Waals surface area contributed by atoms with Gasteiger partial charge in [-0.2, -0.15) is 13.2 Å². The number of hydrogen-bond donors (Lipinski definition) is 1. The maximum atomic E-state index is 12.5. The highest BCUT2D eigenvalue weighted by Crippen LogP contribution is 2.30. The van der Waals surface area contributed by atoms with Crippen molar-refractivity contribution in [3.8, 4) is 0 Å². The van der Waals surface area contributed by atoms with Crippen molar-refractivity contribution in [2.24, 2.45) is 0 Å². The van der Waals surface area contributed by atoms with E-state index in [4.69, 9.17) is 0 Å². The second kappa shape index (κ2) is 5.46. The molecule has 0 spiro atoms. The Kier molecular flexibility index (Phi) is 3.62. The minimum Gasteiger partial charge on any atom is -0.318 e. The third-order valence-electron chi connectivity index (χ3n) is 3.56. The lowest BCUT2D eigenvalue weighted by Gasteiger charge is -2.16. The first kappa shape index (κ1) is 14.6. The molecular weight excluding hydrogens is 293 g/mol. The van der Waals surface area contributed by atoms with Crippen molar-refractivity contribution in [2.45, 2.75) is 19.3 Å². The molecule has 0 aromatic heterocycles. The highest BCUT2D eigenvalue weighted by Gasteiger charge is 2.30. The smallest absolute Gasteiger partial charge is 0.318 e. The van der Waals surface area contributed by atoms with E-state index in [2.05, 4.69) is 5.43 Å². The lowest BCUT2D eigenvalue weighted by atomic mass is 10.1. The quantitative estimate of drug-likeness (QED) is 0.874. The molecule has 0 saturated heterocycles. The number of nitrogens with one attached hydrogen (secondary N) is 1. The van der Waals surface area contributed by atoms with Crippen LogP contribution in [0.4, 0.5) is 18.9 Å². The normalized spacial score (nSPS) is 14.5. The summed E-state index contributed by atoms with van der Waals surface area (Å²) < 4.78 is 37.6. The molecule has 1 heterocycles. The van der Waals surface area contributed by atoms with Gasteiger partial charge in [0.1, 0.15) is 6.29 Å². The summed E-state index contributed by atoms with van der Waals surface area (Å²) >= 11 is 0. The number of halogens is 3. The van der Waals surface area contributed by atoms with Gasteiger partial charge in [0.15, 0.2) is 0 Å². The molecule has 6 heteroatoms. The number of rotatable bonds is 3. The van der Waals surface area contributed by atoms with Crippen molar-refractivity contribution in [1.82, 2.24) is 5.01 Å². The third-order valence-corrected chi connectivity index (χ3v) is 3.56. The summed E-state index contributed by atoms with van der Waals surface area (Å²) in [7, 11) is 0. The van der Waals surface area contributed by atoms with Gasteiger partial charge < -0.3 is 5.43 Å². The fraction of sp³-hybridized carbons (Fsp3) is 0.188. The van der Waals surface area contributed by atoms with E-state index in [9.17, 15) is 18.0 Å². The van der Waals surface area contributed by atoms with Gasteiger partial charge in [-0.25, -0.2) is 5.01 Å². The van der Waals surface area contributed by atoms with Gasteiger partial charge in [0.2, 0.25) is 0 Å². The number of anilines is 1. The van der Waals surface area contributed by atoms with Gasteiger partial charge in [-0.15, -0.1) is 0 Å². The molecule has 22 heavy (non-hydrogen) atoms. The molecule has 1 aliphatic heterocycles. The highest BCUT2D eigenvalue weighted by atomic mass is 19.4. The number of alkyl halides is 3. The Balaban J connectivity index is 1.69. The summed E-state index contributed by atoms with van der Waals surface area (Å²) in [6, 6.07) is 10.5. The fourth-order valence-electron chi connectivity index (χ4n) is 2.46. The Hall–Kier alpha value is -2.34. The lowest BCUT2D eigenvalue weighted by molar-refractivity contribution is -0.137. The van der Waals surface area contributed by atoms with Crippen LogP contribution in [0.1, 0.15) is 27.0 Å². The zero-order valence-corrected chi connectivity index (χ0v) is 11.5. The predicted molar refractivity (Wildman–Crippen MR) is 76.1 cm³/mol. The molecule has 0 fully saturated rings. The molecule has 114 valence electrons. The van der Waals surface area contributed by atoms with Crippen LogP contribution in [-0.2, 0) is 19.3 Å². The Morgan fingerprint density at radius 2 is 1.86 bits per heavy atom. The molecule has 3 nitrogen and oxygen atoms in total. The van der Waals surface area contributed by atoms with E-state index in [1.807, 2.05) is 17.1 Å². The van der Waals surface area contributed by atoms with Crippen LogP contribution in [0.5, 0.6) is 0 Å². The molecule has 0 atom stereocenters. The van der Waals surface area contributed by atoms with Crippen molar-refractivity contribution in [3.05, 3.63) is 64.7 Å². The molecule has 0 unspecified atom stereocenters. The second-order valence-corrected chi connectivity index (χ2v) is 5.20. The number of hydrazine groups is 1. The third kappa shape index (κ3) is 2.96. The summed E-state index contributed by atoms with van der Waals surface area (Å²) in [6.45, 7) is 1.07. The van der Waals surface area contributed by atoms with E-state index >= 15 is 0 Å². The minimum atomic E-state index is -4.31. The van der Waals surface area contributed by atoms with Gasteiger partial charge in [0.25, 0.3) is 0 Å². The largest absolute Gasteiger partial charge is 0.416 e. The Labute approximate surface area is 125 Å². The minimum absolute atomic E-state index is 0.475. The van der Waals surface area contributed by atoms with Gasteiger partial charge in [0, 0.05) is 18.7 Å². The first-order chi connectivity index (χ1) is 10.5. The van der Waals surface area contributed by atoms with Gasteiger partial charge in [-0.3, -0.25) is 4.79 Å². The maximum Gasteiger partial charge on any atom is 0.416 e. The number of fused-ring (bicyclic) bond motifs is 1. The number of benzene rings is 2. The van der Waals surface area contributed by atoms with E-state index < -0.39 is 11.7 Å². The van der Waals surface area contributed by atoms with Crippen LogP contribution in [0.15, 0.2) is 42.5 Å². The van der Waals surface area contributed by atoms with E-state index in [0.717, 1.165) is 35.2 Å². The highest BCUT2D eigenvalue weighted by molar-refractivity contribution is 5.77. The van der Waals surface area contributed by atoms with E-state index in [1.54, 1.807) is 6.07 Å². The average molecular weight is 306 g/mol. The molecule has 2 aromatic carbocycles. The topological polar surface area (TPSA) is 32.3 Å². The molecule has 2 aromatic rings. The number of carbonyl (C=O) groups is 1. The van der Waals surface area contributed by atoms with Gasteiger partial charge in [0.05, 0.1) is 11.3 Å². The van der Waals surface area contributed by atoms with Crippen LogP contribution < -0.4 is 5.43 Å². The van der Waals surface area contributed by atoms with Crippen molar-refractivity contribution < 1.29 is 18.0 Å². The first-order valence-corrected chi connectivity index (χ1v) is 6.71. The summed E-state index contributed by atoms with van der Waals surface area (Å²) in [4.78, 5) is 10.8. The van der Waals surface area contributed by atoms with Crippen molar-refractivity contribution in [1.29, 1.82) is 0 Å². The Bertz CT molecular complexity index is 696. The molecule has 0 amide bonds. The summed E-state index contributed by atoms with van der Waals surface area (Å²) in [5.74, 6) is 0. The second-order valence-electron chi connectivity index (χ2n) is 5.20. The summed E-state index contributed by atoms with van der Waals surface area (Å²) in [5.41, 5.74) is 5.83. The Morgan fingerprint density at radius 1 is 1.14 bits per heavy atom. The van der Waals surface area contributed by atoms with Crippen LogP contribution in [0.3, 0.4) is 0 Å². The number of nitrogens with zero attached hydrogens (tertiary/aromatic N) is 1. The summed E-state index contributed by atoms with van der Waals surface area (Å²) in [6.07, 6.45) is -3.52. The number of hydrogen-bond acceptors (Lipinski definition) is 3. The Morgan fingerprint density at radius 3 is 2.50 bits per heavy atom. The van der Waals surface area contributed by atoms with Crippen LogP contribution in [0, 0.1) is 0 Å². The van der Waals surface area contributed by atoms with Crippen molar-refractivity contribution in [2.75, 3.05) is 5.43 Å². The van der Waals surface area contributed by atoms with Gasteiger partial charge in [-0.05, 0) is 41.5 Å². The SMILES string of the molecule is O=Cc1ccc2c(c1)CN(Cc1ccc(C(F)(F)F)cc1)N2. The average Bonchev–Trinajstić information content (AvgIpc) is 2.88. The molecule has 0 radical (unpaired) electrons. The van der Waals surface area contributed by atoms with E-state index in [1.165, 1.54) is 12.1 Å². The van der Waals surface area contributed by atoms with E-state index in [-0.39, 0.29) is 0 Å². The number of carbonyl (C=O) groups excluding carboxylic acids is 1. The number of aldehydes is 1. The molecule has 0 bridgehead atoms.